The van der Waals surface area contributed by atoms with Crippen LogP contribution in [0.3, 0.4) is 0 Å². The van der Waals surface area contributed by atoms with Crippen molar-refractivity contribution in [1.29, 1.82) is 0 Å². The molecule has 0 radical (unpaired) electrons. The number of hydrogen-bond donors (Lipinski definition) is 1. The van der Waals surface area contributed by atoms with Crippen LogP contribution < -0.4 is 5.69 Å². The lowest BCUT2D eigenvalue weighted by molar-refractivity contribution is 0.0687. The molecule has 27 heavy (non-hydrogen) atoms. The van der Waals surface area contributed by atoms with Gasteiger partial charge in [-0.25, -0.2) is 14.5 Å². The highest BCUT2D eigenvalue weighted by Gasteiger charge is 2.28. The number of piperidine rings is 1. The summed E-state index contributed by atoms with van der Waals surface area (Å²) in [4.78, 5) is 26.7. The second-order valence-corrected chi connectivity index (χ2v) is 7.80. The van der Waals surface area contributed by atoms with E-state index in [1.165, 1.54) is 11.3 Å². The number of carbonyl (C=O) groups excluding carboxylic acids is 1. The zero-order chi connectivity index (χ0) is 19.0. The Morgan fingerprint density at radius 3 is 2.78 bits per heavy atom. The number of nitrogens with one attached hydrogen (secondary N) is 1. The van der Waals surface area contributed by atoms with Crippen LogP contribution in [-0.4, -0.2) is 43.8 Å². The molecule has 1 aliphatic heterocycles. The molecule has 1 saturated heterocycles. The van der Waals surface area contributed by atoms with Gasteiger partial charge in [0, 0.05) is 19.5 Å². The quantitative estimate of drug-likeness (QED) is 0.741. The molecule has 0 bridgehead atoms. The highest BCUT2D eigenvalue weighted by molar-refractivity contribution is 7.12. The number of amides is 1. The van der Waals surface area contributed by atoms with Gasteiger partial charge in [0.2, 0.25) is 0 Å². The zero-order valence-corrected chi connectivity index (χ0v) is 16.1. The molecule has 0 unspecified atom stereocenters. The Bertz CT molecular complexity index is 973. The van der Waals surface area contributed by atoms with Crippen LogP contribution in [0.25, 0.3) is 5.00 Å². The highest BCUT2D eigenvalue weighted by atomic mass is 32.1. The Balaban J connectivity index is 1.42. The van der Waals surface area contributed by atoms with Crippen LogP contribution in [0.4, 0.5) is 0 Å². The van der Waals surface area contributed by atoms with Gasteiger partial charge < -0.3 is 9.42 Å². The van der Waals surface area contributed by atoms with E-state index < -0.39 is 0 Å². The lowest BCUT2D eigenvalue weighted by Crippen LogP contribution is -2.39. The lowest BCUT2D eigenvalue weighted by atomic mass is 9.92. The number of carbonyl (C=O) groups is 1. The Hall–Kier alpha value is -2.68. The molecule has 0 atom stereocenters. The molecule has 1 N–H and O–H groups in total. The molecule has 4 heterocycles. The number of nitrogens with zero attached hydrogens (tertiary/aromatic N) is 4. The molecular weight excluding hydrogens is 366 g/mol. The fraction of sp³-hybridized carbons (Fsp3) is 0.444. The van der Waals surface area contributed by atoms with Crippen LogP contribution in [0, 0.1) is 19.8 Å². The summed E-state index contributed by atoms with van der Waals surface area (Å²) in [6, 6.07) is 3.83. The number of likely N-dealkylation sites (tertiary alicyclic amines) is 1. The molecule has 0 aliphatic carbocycles. The molecule has 8 nitrogen and oxygen atoms in total. The maximum Gasteiger partial charge on any atom is 0.348 e. The topological polar surface area (TPSA) is 97.0 Å². The number of thiophene rings is 1. The highest BCUT2D eigenvalue weighted by Crippen LogP contribution is 2.25. The predicted octanol–water partition coefficient (Wildman–Crippen LogP) is 2.32. The Labute approximate surface area is 159 Å². The molecular formula is C18H21N5O3S. The minimum atomic E-state index is -0.210. The fourth-order valence-electron chi connectivity index (χ4n) is 3.64. The SMILES string of the molecule is Cc1noc(C)c1C(=O)N1CCC(Cc2n[nH]c(=O)n2-c2cccs2)CC1. The average molecular weight is 387 g/mol. The molecule has 1 fully saturated rings. The van der Waals surface area contributed by atoms with Crippen LogP contribution in [0.1, 0.15) is 40.5 Å². The van der Waals surface area contributed by atoms with Gasteiger partial charge >= 0.3 is 5.69 Å². The van der Waals surface area contributed by atoms with Crippen LogP contribution in [-0.2, 0) is 6.42 Å². The largest absolute Gasteiger partial charge is 0.361 e. The van der Waals surface area contributed by atoms with E-state index in [2.05, 4.69) is 15.4 Å². The first-order valence-electron chi connectivity index (χ1n) is 8.97. The van der Waals surface area contributed by atoms with E-state index in [9.17, 15) is 9.59 Å². The first kappa shape index (κ1) is 17.7. The summed E-state index contributed by atoms with van der Waals surface area (Å²) in [5, 5.41) is 13.5. The van der Waals surface area contributed by atoms with Crippen molar-refractivity contribution in [1.82, 2.24) is 24.8 Å². The van der Waals surface area contributed by atoms with Crippen molar-refractivity contribution in [3.8, 4) is 5.00 Å². The maximum absolute atomic E-state index is 12.7. The van der Waals surface area contributed by atoms with Gasteiger partial charge in [-0.05, 0) is 50.1 Å². The van der Waals surface area contributed by atoms with E-state index in [0.29, 0.717) is 42.4 Å². The van der Waals surface area contributed by atoms with Gasteiger partial charge in [-0.1, -0.05) is 5.16 Å². The van der Waals surface area contributed by atoms with Gasteiger partial charge in [0.15, 0.2) is 0 Å². The van der Waals surface area contributed by atoms with E-state index in [0.717, 1.165) is 23.7 Å². The number of H-pyrrole nitrogens is 1. The Morgan fingerprint density at radius 2 is 2.15 bits per heavy atom. The normalized spacial score (nSPS) is 15.4. The van der Waals surface area contributed by atoms with Gasteiger partial charge in [0.25, 0.3) is 5.91 Å². The lowest BCUT2D eigenvalue weighted by Gasteiger charge is -2.31. The molecule has 1 amide bonds. The average Bonchev–Trinajstić information content (AvgIpc) is 3.37. The minimum Gasteiger partial charge on any atom is -0.361 e. The summed E-state index contributed by atoms with van der Waals surface area (Å²) in [6.45, 7) is 4.92. The maximum atomic E-state index is 12.7. The third-order valence-electron chi connectivity index (χ3n) is 5.09. The second-order valence-electron chi connectivity index (χ2n) is 6.87. The summed E-state index contributed by atoms with van der Waals surface area (Å²) in [5.74, 6) is 1.68. The predicted molar refractivity (Wildman–Crippen MR) is 100 cm³/mol. The van der Waals surface area contributed by atoms with Gasteiger partial charge in [-0.2, -0.15) is 5.10 Å². The Morgan fingerprint density at radius 1 is 1.37 bits per heavy atom. The van der Waals surface area contributed by atoms with Gasteiger partial charge in [0.1, 0.15) is 22.1 Å². The molecule has 0 aromatic carbocycles. The first-order chi connectivity index (χ1) is 13.0. The van der Waals surface area contributed by atoms with E-state index in [1.807, 2.05) is 22.4 Å². The van der Waals surface area contributed by atoms with Crippen LogP contribution in [0.5, 0.6) is 0 Å². The van der Waals surface area contributed by atoms with Gasteiger partial charge in [-0.15, -0.1) is 11.3 Å². The standard InChI is InChI=1S/C18H21N5O3S/c1-11-16(12(2)26-21-11)17(24)22-7-5-13(6-8-22)10-14-19-20-18(25)23(14)15-4-3-9-27-15/h3-4,9,13H,5-8,10H2,1-2H3,(H,20,25). The van der Waals surface area contributed by atoms with Crippen LogP contribution in [0.15, 0.2) is 26.8 Å². The van der Waals surface area contributed by atoms with Crippen molar-refractivity contribution in [3.63, 3.8) is 0 Å². The molecule has 3 aromatic heterocycles. The summed E-state index contributed by atoms with van der Waals surface area (Å²) < 4.78 is 6.76. The molecule has 4 rings (SSSR count). The van der Waals surface area contributed by atoms with Crippen LogP contribution >= 0.6 is 11.3 Å². The molecule has 1 aliphatic rings. The summed E-state index contributed by atoms with van der Waals surface area (Å²) in [7, 11) is 0. The van der Waals surface area contributed by atoms with Gasteiger partial charge in [0.05, 0.1) is 5.69 Å². The van der Waals surface area contributed by atoms with Crippen molar-refractivity contribution in [2.45, 2.75) is 33.1 Å². The zero-order valence-electron chi connectivity index (χ0n) is 15.3. The summed E-state index contributed by atoms with van der Waals surface area (Å²) in [6.07, 6.45) is 2.46. The van der Waals surface area contributed by atoms with Crippen molar-refractivity contribution in [2.24, 2.45) is 5.92 Å². The summed E-state index contributed by atoms with van der Waals surface area (Å²) in [5.41, 5.74) is 1.00. The summed E-state index contributed by atoms with van der Waals surface area (Å²) >= 11 is 1.51. The molecule has 9 heteroatoms. The third kappa shape index (κ3) is 3.34. The van der Waals surface area contributed by atoms with E-state index in [1.54, 1.807) is 18.4 Å². The monoisotopic (exact) mass is 387 g/mol. The molecule has 142 valence electrons. The number of aryl methyl sites for hydroxylation is 2. The van der Waals surface area contributed by atoms with E-state index >= 15 is 0 Å². The first-order valence-corrected chi connectivity index (χ1v) is 9.85. The van der Waals surface area contributed by atoms with Crippen molar-refractivity contribution < 1.29 is 9.32 Å². The van der Waals surface area contributed by atoms with Crippen molar-refractivity contribution >= 4 is 17.2 Å². The second kappa shape index (κ2) is 7.15. The fourth-order valence-corrected chi connectivity index (χ4v) is 4.38. The molecule has 0 saturated carbocycles. The van der Waals surface area contributed by atoms with Crippen molar-refractivity contribution in [3.05, 3.63) is 50.8 Å². The van der Waals surface area contributed by atoms with E-state index in [-0.39, 0.29) is 11.6 Å². The van der Waals surface area contributed by atoms with Gasteiger partial charge in [-0.3, -0.25) is 4.79 Å². The van der Waals surface area contributed by atoms with Crippen molar-refractivity contribution in [2.75, 3.05) is 13.1 Å². The number of rotatable bonds is 4. The Kier molecular flexibility index (Phi) is 4.69. The third-order valence-corrected chi connectivity index (χ3v) is 5.94. The smallest absolute Gasteiger partial charge is 0.348 e. The minimum absolute atomic E-state index is 0.0139. The van der Waals surface area contributed by atoms with E-state index in [4.69, 9.17) is 4.52 Å². The molecule has 3 aromatic rings. The molecule has 0 spiro atoms. The number of aromatic nitrogens is 4. The number of aromatic amines is 1. The number of hydrogen-bond acceptors (Lipinski definition) is 6. The van der Waals surface area contributed by atoms with Crippen LogP contribution in [0.2, 0.25) is 0 Å².